The van der Waals surface area contributed by atoms with E-state index >= 15 is 0 Å². The maximum Gasteiger partial charge on any atom is 0.278 e. The van der Waals surface area contributed by atoms with E-state index in [4.69, 9.17) is 4.74 Å². The zero-order chi connectivity index (χ0) is 16.9. The molecule has 0 unspecified atom stereocenters. The van der Waals surface area contributed by atoms with E-state index in [2.05, 4.69) is 25.5 Å². The van der Waals surface area contributed by atoms with Gasteiger partial charge in [0, 0.05) is 25.3 Å². The van der Waals surface area contributed by atoms with E-state index in [9.17, 15) is 4.79 Å². The minimum atomic E-state index is -0.301. The second-order valence-corrected chi connectivity index (χ2v) is 5.95. The fourth-order valence-corrected chi connectivity index (χ4v) is 2.67. The number of nitrogens with one attached hydrogen (secondary N) is 1. The van der Waals surface area contributed by atoms with E-state index < -0.39 is 0 Å². The quantitative estimate of drug-likeness (QED) is 0.876. The van der Waals surface area contributed by atoms with E-state index in [1.54, 1.807) is 10.9 Å². The van der Waals surface area contributed by atoms with Crippen molar-refractivity contribution in [2.75, 3.05) is 38.2 Å². The SMILES string of the molecule is Cc1cc(C)nc(NC(=O)c2cn(CCN3CCOCC3)nn2)c1. The van der Waals surface area contributed by atoms with Gasteiger partial charge in [0.25, 0.3) is 5.91 Å². The third kappa shape index (κ3) is 4.36. The highest BCUT2D eigenvalue weighted by Crippen LogP contribution is 2.10. The minimum Gasteiger partial charge on any atom is -0.379 e. The predicted molar refractivity (Wildman–Crippen MR) is 88.9 cm³/mol. The van der Waals surface area contributed by atoms with Crippen LogP contribution in [0.4, 0.5) is 5.82 Å². The van der Waals surface area contributed by atoms with E-state index in [-0.39, 0.29) is 11.6 Å². The Morgan fingerprint density at radius 3 is 2.79 bits per heavy atom. The lowest BCUT2D eigenvalue weighted by Crippen LogP contribution is -2.38. The summed E-state index contributed by atoms with van der Waals surface area (Å²) in [6.45, 7) is 8.83. The first-order valence-electron chi connectivity index (χ1n) is 8.07. The van der Waals surface area contributed by atoms with Crippen LogP contribution in [0.25, 0.3) is 0 Å². The highest BCUT2D eigenvalue weighted by molar-refractivity contribution is 6.02. The van der Waals surface area contributed by atoms with E-state index in [0.29, 0.717) is 12.4 Å². The lowest BCUT2D eigenvalue weighted by molar-refractivity contribution is 0.0359. The van der Waals surface area contributed by atoms with Gasteiger partial charge in [0.1, 0.15) is 5.82 Å². The first-order valence-corrected chi connectivity index (χ1v) is 8.07. The lowest BCUT2D eigenvalue weighted by Gasteiger charge is -2.26. The fraction of sp³-hybridized carbons (Fsp3) is 0.500. The number of ether oxygens (including phenoxy) is 1. The van der Waals surface area contributed by atoms with Crippen LogP contribution in [0, 0.1) is 13.8 Å². The molecule has 3 heterocycles. The van der Waals surface area contributed by atoms with Crippen LogP contribution in [0.15, 0.2) is 18.3 Å². The maximum absolute atomic E-state index is 12.3. The molecule has 0 saturated carbocycles. The smallest absolute Gasteiger partial charge is 0.278 e. The minimum absolute atomic E-state index is 0.290. The first kappa shape index (κ1) is 16.5. The third-order valence-electron chi connectivity index (χ3n) is 3.86. The number of rotatable bonds is 5. The highest BCUT2D eigenvalue weighted by atomic mass is 16.5. The number of aromatic nitrogens is 4. The molecule has 0 spiro atoms. The molecule has 0 bridgehead atoms. The van der Waals surface area contributed by atoms with Gasteiger partial charge in [-0.25, -0.2) is 4.98 Å². The monoisotopic (exact) mass is 330 g/mol. The molecule has 1 fully saturated rings. The Labute approximate surface area is 140 Å². The van der Waals surface area contributed by atoms with Crippen molar-refractivity contribution in [3.8, 4) is 0 Å². The number of amides is 1. The molecule has 1 saturated heterocycles. The summed E-state index contributed by atoms with van der Waals surface area (Å²) in [7, 11) is 0. The number of carbonyl (C=O) groups excluding carboxylic acids is 1. The number of hydrogen-bond acceptors (Lipinski definition) is 6. The molecule has 24 heavy (non-hydrogen) atoms. The van der Waals surface area contributed by atoms with Crippen LogP contribution >= 0.6 is 0 Å². The van der Waals surface area contributed by atoms with Gasteiger partial charge in [-0.1, -0.05) is 5.21 Å². The molecular formula is C16H22N6O2. The van der Waals surface area contributed by atoms with Crippen LogP contribution in [-0.2, 0) is 11.3 Å². The number of hydrogen-bond donors (Lipinski definition) is 1. The zero-order valence-electron chi connectivity index (χ0n) is 14.0. The summed E-state index contributed by atoms with van der Waals surface area (Å²) >= 11 is 0. The summed E-state index contributed by atoms with van der Waals surface area (Å²) in [4.78, 5) is 18.9. The molecule has 0 aliphatic carbocycles. The summed E-state index contributed by atoms with van der Waals surface area (Å²) in [6.07, 6.45) is 1.67. The van der Waals surface area contributed by atoms with E-state index in [1.807, 2.05) is 26.0 Å². The van der Waals surface area contributed by atoms with Gasteiger partial charge in [0.05, 0.1) is 26.0 Å². The molecule has 8 heteroatoms. The molecule has 2 aromatic heterocycles. The Bertz CT molecular complexity index is 688. The van der Waals surface area contributed by atoms with Crippen LogP contribution in [-0.4, -0.2) is 63.6 Å². The number of pyridine rings is 1. The number of morpholine rings is 1. The van der Waals surface area contributed by atoms with Crippen molar-refractivity contribution < 1.29 is 9.53 Å². The normalized spacial score (nSPS) is 15.4. The molecule has 1 N–H and O–H groups in total. The summed E-state index contributed by atoms with van der Waals surface area (Å²) in [5.41, 5.74) is 2.20. The average molecular weight is 330 g/mol. The van der Waals surface area contributed by atoms with Crippen molar-refractivity contribution in [3.63, 3.8) is 0 Å². The highest BCUT2D eigenvalue weighted by Gasteiger charge is 2.14. The molecule has 8 nitrogen and oxygen atoms in total. The van der Waals surface area contributed by atoms with Crippen LogP contribution in [0.2, 0.25) is 0 Å². The number of anilines is 1. The van der Waals surface area contributed by atoms with Gasteiger partial charge in [-0.3, -0.25) is 14.4 Å². The van der Waals surface area contributed by atoms with Gasteiger partial charge in [-0.15, -0.1) is 5.10 Å². The van der Waals surface area contributed by atoms with Crippen LogP contribution in [0.3, 0.4) is 0 Å². The van der Waals surface area contributed by atoms with Gasteiger partial charge < -0.3 is 10.1 Å². The molecular weight excluding hydrogens is 308 g/mol. The zero-order valence-corrected chi connectivity index (χ0v) is 14.0. The van der Waals surface area contributed by atoms with Gasteiger partial charge in [-0.2, -0.15) is 0 Å². The van der Waals surface area contributed by atoms with Crippen molar-refractivity contribution in [2.45, 2.75) is 20.4 Å². The Morgan fingerprint density at radius 2 is 2.04 bits per heavy atom. The molecule has 0 radical (unpaired) electrons. The molecule has 1 aliphatic rings. The lowest BCUT2D eigenvalue weighted by atomic mass is 10.2. The van der Waals surface area contributed by atoms with Crippen molar-refractivity contribution in [3.05, 3.63) is 35.3 Å². The van der Waals surface area contributed by atoms with E-state index in [0.717, 1.165) is 44.1 Å². The second-order valence-electron chi connectivity index (χ2n) is 5.95. The number of nitrogens with zero attached hydrogens (tertiary/aromatic N) is 5. The Kier molecular flexibility index (Phi) is 5.17. The van der Waals surface area contributed by atoms with Gasteiger partial charge in [0.15, 0.2) is 5.69 Å². The Balaban J connectivity index is 1.56. The molecule has 2 aromatic rings. The second kappa shape index (κ2) is 7.50. The Hall–Kier alpha value is -2.32. The maximum atomic E-state index is 12.3. The van der Waals surface area contributed by atoms with Gasteiger partial charge in [-0.05, 0) is 31.5 Å². The molecule has 0 atom stereocenters. The summed E-state index contributed by atoms with van der Waals surface area (Å²) in [6, 6.07) is 3.78. The summed E-state index contributed by atoms with van der Waals surface area (Å²) in [5, 5.41) is 10.7. The van der Waals surface area contributed by atoms with Crippen LogP contribution < -0.4 is 5.32 Å². The molecule has 128 valence electrons. The fourth-order valence-electron chi connectivity index (χ4n) is 2.67. The van der Waals surface area contributed by atoms with Crippen molar-refractivity contribution in [2.24, 2.45) is 0 Å². The number of carbonyl (C=O) groups is 1. The molecule has 3 rings (SSSR count). The third-order valence-corrected chi connectivity index (χ3v) is 3.86. The molecule has 1 amide bonds. The van der Waals surface area contributed by atoms with Crippen molar-refractivity contribution in [1.29, 1.82) is 0 Å². The van der Waals surface area contributed by atoms with Gasteiger partial charge >= 0.3 is 0 Å². The molecule has 0 aromatic carbocycles. The van der Waals surface area contributed by atoms with Gasteiger partial charge in [0.2, 0.25) is 0 Å². The molecule has 1 aliphatic heterocycles. The average Bonchev–Trinajstić information content (AvgIpc) is 3.02. The topological polar surface area (TPSA) is 85.2 Å². The summed E-state index contributed by atoms with van der Waals surface area (Å²) < 4.78 is 7.02. The Morgan fingerprint density at radius 1 is 1.25 bits per heavy atom. The van der Waals surface area contributed by atoms with Crippen molar-refractivity contribution >= 4 is 11.7 Å². The number of aryl methyl sites for hydroxylation is 2. The predicted octanol–water partition coefficient (Wildman–Crippen LogP) is 0.874. The van der Waals surface area contributed by atoms with Crippen molar-refractivity contribution in [1.82, 2.24) is 24.9 Å². The first-order chi connectivity index (χ1) is 11.6. The standard InChI is InChI=1S/C16H22N6O2/c1-12-9-13(2)17-15(10-12)18-16(23)14-11-22(20-19-14)4-3-21-5-7-24-8-6-21/h9-11H,3-8H2,1-2H3,(H,17,18,23). The summed E-state index contributed by atoms with van der Waals surface area (Å²) in [5.74, 6) is 0.227. The van der Waals surface area contributed by atoms with E-state index in [1.165, 1.54) is 0 Å². The van der Waals surface area contributed by atoms with Crippen LogP contribution in [0.5, 0.6) is 0 Å². The van der Waals surface area contributed by atoms with Crippen LogP contribution in [0.1, 0.15) is 21.7 Å². The largest absolute Gasteiger partial charge is 0.379 e.